The number of fused-ring (bicyclic) bond motifs is 1. The lowest BCUT2D eigenvalue weighted by Crippen LogP contribution is -2.62. The highest BCUT2D eigenvalue weighted by atomic mass is 16.2. The van der Waals surface area contributed by atoms with E-state index in [9.17, 15) is 4.79 Å². The third-order valence-corrected chi connectivity index (χ3v) is 2.33. The third kappa shape index (κ3) is 0.363. The number of hydrogen-bond acceptors (Lipinski definition) is 1. The number of amides is 1. The molecule has 0 saturated carbocycles. The first-order valence-corrected chi connectivity index (χ1v) is 3.17. The van der Waals surface area contributed by atoms with E-state index in [2.05, 4.69) is 6.08 Å². The molecular weight excluding hydrogens is 114 g/mol. The van der Waals surface area contributed by atoms with Gasteiger partial charge in [-0.25, -0.2) is 0 Å². The van der Waals surface area contributed by atoms with Gasteiger partial charge in [0.15, 0.2) is 0 Å². The number of rotatable bonds is 0. The van der Waals surface area contributed by atoms with Crippen molar-refractivity contribution in [2.45, 2.75) is 13.0 Å². The van der Waals surface area contributed by atoms with Gasteiger partial charge < -0.3 is 4.90 Å². The molecule has 48 valence electrons. The minimum atomic E-state index is 0.273. The van der Waals surface area contributed by atoms with Gasteiger partial charge in [-0.05, 0) is 6.92 Å². The van der Waals surface area contributed by atoms with E-state index < -0.39 is 0 Å². The second-order valence-corrected chi connectivity index (χ2v) is 2.83. The summed E-state index contributed by atoms with van der Waals surface area (Å²) in [6.45, 7) is 2.02. The zero-order valence-electron chi connectivity index (χ0n) is 5.59. The summed E-state index contributed by atoms with van der Waals surface area (Å²) >= 11 is 0. The van der Waals surface area contributed by atoms with E-state index in [1.165, 1.54) is 5.57 Å². The van der Waals surface area contributed by atoms with Gasteiger partial charge in [-0.2, -0.15) is 0 Å². The molecule has 2 heteroatoms. The Hall–Kier alpha value is -0.790. The van der Waals surface area contributed by atoms with Gasteiger partial charge >= 0.3 is 0 Å². The normalized spacial score (nSPS) is 38.7. The second kappa shape index (κ2) is 1.20. The maximum absolute atomic E-state index is 10.9. The summed E-state index contributed by atoms with van der Waals surface area (Å²) < 4.78 is 0. The van der Waals surface area contributed by atoms with Crippen LogP contribution in [0.1, 0.15) is 6.92 Å². The molecule has 1 aliphatic carbocycles. The van der Waals surface area contributed by atoms with Crippen LogP contribution in [0.4, 0.5) is 0 Å². The maximum Gasteiger partial charge on any atom is 0.232 e. The van der Waals surface area contributed by atoms with E-state index in [1.54, 1.807) is 4.90 Å². The zero-order chi connectivity index (χ0) is 6.59. The number of β-lactam (4-membered cyclic amide) rings is 1. The fourth-order valence-electron chi connectivity index (χ4n) is 1.58. The standard InChI is InChI=1S/C7H9NO/c1-4-3-5-6(4)7(9)8(5)2/h3,5-6H,1-2H3. The summed E-state index contributed by atoms with van der Waals surface area (Å²) in [5.74, 6) is 0.565. The van der Waals surface area contributed by atoms with Crippen molar-refractivity contribution in [3.63, 3.8) is 0 Å². The Bertz CT molecular complexity index is 207. The molecule has 1 aliphatic heterocycles. The fourth-order valence-corrected chi connectivity index (χ4v) is 1.58. The summed E-state index contributed by atoms with van der Waals surface area (Å²) in [5.41, 5.74) is 1.25. The minimum Gasteiger partial charge on any atom is -0.338 e. The van der Waals surface area contributed by atoms with E-state index in [1.807, 2.05) is 14.0 Å². The molecule has 2 rings (SSSR count). The molecule has 0 aromatic carbocycles. The Morgan fingerprint density at radius 3 is 2.67 bits per heavy atom. The van der Waals surface area contributed by atoms with Crippen LogP contribution in [0.25, 0.3) is 0 Å². The van der Waals surface area contributed by atoms with Crippen molar-refractivity contribution < 1.29 is 4.79 Å². The first-order valence-electron chi connectivity index (χ1n) is 3.17. The van der Waals surface area contributed by atoms with Crippen LogP contribution in [0, 0.1) is 5.92 Å². The van der Waals surface area contributed by atoms with Crippen molar-refractivity contribution in [2.75, 3.05) is 7.05 Å². The van der Waals surface area contributed by atoms with E-state index in [-0.39, 0.29) is 5.92 Å². The van der Waals surface area contributed by atoms with Gasteiger partial charge in [-0.15, -0.1) is 0 Å². The molecule has 1 heterocycles. The molecule has 2 unspecified atom stereocenters. The number of carbonyl (C=O) groups is 1. The largest absolute Gasteiger partial charge is 0.338 e. The number of carbonyl (C=O) groups excluding carboxylic acids is 1. The smallest absolute Gasteiger partial charge is 0.232 e. The second-order valence-electron chi connectivity index (χ2n) is 2.83. The van der Waals surface area contributed by atoms with Gasteiger partial charge in [0.05, 0.1) is 12.0 Å². The molecule has 1 amide bonds. The van der Waals surface area contributed by atoms with E-state index in [0.717, 1.165) is 0 Å². The van der Waals surface area contributed by atoms with Crippen molar-refractivity contribution in [1.29, 1.82) is 0 Å². The van der Waals surface area contributed by atoms with Crippen molar-refractivity contribution in [3.8, 4) is 0 Å². The molecule has 0 bridgehead atoms. The Labute approximate surface area is 54.1 Å². The quantitative estimate of drug-likeness (QED) is 0.337. The van der Waals surface area contributed by atoms with Crippen molar-refractivity contribution in [1.82, 2.24) is 4.90 Å². The van der Waals surface area contributed by atoms with Crippen molar-refractivity contribution in [3.05, 3.63) is 11.6 Å². The third-order valence-electron chi connectivity index (χ3n) is 2.33. The van der Waals surface area contributed by atoms with Gasteiger partial charge in [-0.1, -0.05) is 11.6 Å². The Morgan fingerprint density at radius 2 is 2.33 bits per heavy atom. The zero-order valence-corrected chi connectivity index (χ0v) is 5.59. The van der Waals surface area contributed by atoms with Gasteiger partial charge in [0.2, 0.25) is 5.91 Å². The molecular formula is C7H9NO. The van der Waals surface area contributed by atoms with Crippen LogP contribution < -0.4 is 0 Å². The topological polar surface area (TPSA) is 20.3 Å². The van der Waals surface area contributed by atoms with Gasteiger partial charge in [0.25, 0.3) is 0 Å². The number of nitrogens with zero attached hydrogens (tertiary/aromatic N) is 1. The summed E-state index contributed by atoms with van der Waals surface area (Å²) in [5, 5.41) is 0. The number of likely N-dealkylation sites (N-methyl/N-ethyl adjacent to an activating group) is 1. The van der Waals surface area contributed by atoms with Crippen LogP contribution in [-0.2, 0) is 4.79 Å². The van der Waals surface area contributed by atoms with Crippen LogP contribution in [0.5, 0.6) is 0 Å². The summed E-state index contributed by atoms with van der Waals surface area (Å²) in [7, 11) is 1.85. The lowest BCUT2D eigenvalue weighted by molar-refractivity contribution is -0.150. The molecule has 0 aromatic rings. The van der Waals surface area contributed by atoms with Crippen LogP contribution in [0.3, 0.4) is 0 Å². The maximum atomic E-state index is 10.9. The Balaban J connectivity index is 2.26. The van der Waals surface area contributed by atoms with Gasteiger partial charge in [-0.3, -0.25) is 4.79 Å². The molecule has 9 heavy (non-hydrogen) atoms. The highest BCUT2D eigenvalue weighted by Crippen LogP contribution is 2.40. The van der Waals surface area contributed by atoms with E-state index in [0.29, 0.717) is 11.9 Å². The Morgan fingerprint density at radius 1 is 1.67 bits per heavy atom. The summed E-state index contributed by atoms with van der Waals surface area (Å²) in [6, 6.07) is 0.456. The lowest BCUT2D eigenvalue weighted by Gasteiger charge is -2.50. The van der Waals surface area contributed by atoms with E-state index in [4.69, 9.17) is 0 Å². The SMILES string of the molecule is CC1=CC2C1C(=O)N2C. The Kier molecular flexibility index (Phi) is 0.672. The van der Waals surface area contributed by atoms with Crippen molar-refractivity contribution in [2.24, 2.45) is 5.92 Å². The molecule has 0 radical (unpaired) electrons. The lowest BCUT2D eigenvalue weighted by atomic mass is 9.72. The summed E-state index contributed by atoms with van der Waals surface area (Å²) in [4.78, 5) is 12.7. The monoisotopic (exact) mass is 123 g/mol. The van der Waals surface area contributed by atoms with Crippen molar-refractivity contribution >= 4 is 5.91 Å². The average Bonchev–Trinajstić information content (AvgIpc) is 1.81. The van der Waals surface area contributed by atoms with Crippen LogP contribution >= 0.6 is 0 Å². The first-order chi connectivity index (χ1) is 4.22. The molecule has 2 nitrogen and oxygen atoms in total. The molecule has 0 aromatic heterocycles. The number of likely N-dealkylation sites (tertiary alicyclic amines) is 1. The molecule has 1 saturated heterocycles. The molecule has 0 spiro atoms. The highest BCUT2D eigenvalue weighted by Gasteiger charge is 2.50. The fraction of sp³-hybridized carbons (Fsp3) is 0.571. The van der Waals surface area contributed by atoms with Gasteiger partial charge in [0, 0.05) is 7.05 Å². The van der Waals surface area contributed by atoms with Crippen LogP contribution in [0.15, 0.2) is 11.6 Å². The van der Waals surface area contributed by atoms with Gasteiger partial charge in [0.1, 0.15) is 0 Å². The van der Waals surface area contributed by atoms with Crippen LogP contribution in [-0.4, -0.2) is 23.9 Å². The summed E-state index contributed by atoms with van der Waals surface area (Å²) in [6.07, 6.45) is 2.14. The molecule has 1 fully saturated rings. The minimum absolute atomic E-state index is 0.273. The highest BCUT2D eigenvalue weighted by molar-refractivity contribution is 5.92. The molecule has 2 aliphatic rings. The van der Waals surface area contributed by atoms with Crippen LogP contribution in [0.2, 0.25) is 0 Å². The molecule has 0 N–H and O–H groups in total. The van der Waals surface area contributed by atoms with E-state index >= 15 is 0 Å². The molecule has 2 atom stereocenters. The predicted octanol–water partition coefficient (Wildman–Crippen LogP) is 0.403. The predicted molar refractivity (Wildman–Crippen MR) is 33.8 cm³/mol. The average molecular weight is 123 g/mol. The number of hydrogen-bond donors (Lipinski definition) is 0. The first kappa shape index (κ1) is 5.03.